The molecule has 0 spiro atoms. The lowest BCUT2D eigenvalue weighted by Gasteiger charge is -2.05. The molecule has 0 N–H and O–H groups in total. The van der Waals surface area contributed by atoms with E-state index in [1.807, 2.05) is 6.92 Å². The van der Waals surface area contributed by atoms with E-state index >= 15 is 0 Å². The summed E-state index contributed by atoms with van der Waals surface area (Å²) >= 11 is 0. The smallest absolute Gasteiger partial charge is 0.173 e. The van der Waals surface area contributed by atoms with Gasteiger partial charge in [-0.05, 0) is 12.8 Å². The third kappa shape index (κ3) is 2.67. The van der Waals surface area contributed by atoms with Crippen LogP contribution in [0.3, 0.4) is 0 Å². The monoisotopic (exact) mass is 250 g/mol. The number of hydrogen-bond acceptors (Lipinski definition) is 4. The molecule has 1 atom stereocenters. The first-order valence-electron chi connectivity index (χ1n) is 6.28. The molecule has 0 aliphatic carbocycles. The standard InChI is InChI=1S/C13H18N2O3/c1-3-11-10(7-15(2)14-11)13(17)6-12(16)9-4-5-18-8-9/h7,9H,3-6,8H2,1-2H3. The lowest BCUT2D eigenvalue weighted by atomic mass is 9.96. The van der Waals surface area contributed by atoms with Crippen LogP contribution in [0.5, 0.6) is 0 Å². The predicted octanol–water partition coefficient (Wildman–Crippen LogP) is 1.16. The van der Waals surface area contributed by atoms with Gasteiger partial charge in [-0.2, -0.15) is 5.10 Å². The SMILES string of the molecule is CCc1nn(C)cc1C(=O)CC(=O)C1CCOC1. The lowest BCUT2D eigenvalue weighted by molar-refractivity contribution is -0.121. The van der Waals surface area contributed by atoms with Gasteiger partial charge in [0.1, 0.15) is 5.78 Å². The van der Waals surface area contributed by atoms with Crippen LogP contribution in [0.25, 0.3) is 0 Å². The molecule has 98 valence electrons. The summed E-state index contributed by atoms with van der Waals surface area (Å²) in [6.07, 6.45) is 3.09. The highest BCUT2D eigenvalue weighted by Gasteiger charge is 2.26. The Morgan fingerprint density at radius 3 is 2.94 bits per heavy atom. The van der Waals surface area contributed by atoms with E-state index in [1.54, 1.807) is 17.9 Å². The van der Waals surface area contributed by atoms with E-state index in [0.717, 1.165) is 12.1 Å². The third-order valence-corrected chi connectivity index (χ3v) is 3.26. The van der Waals surface area contributed by atoms with E-state index in [4.69, 9.17) is 4.74 Å². The highest BCUT2D eigenvalue weighted by Crippen LogP contribution is 2.17. The van der Waals surface area contributed by atoms with Gasteiger partial charge in [0, 0.05) is 25.8 Å². The van der Waals surface area contributed by atoms with Crippen molar-refractivity contribution in [3.05, 3.63) is 17.5 Å². The molecule has 0 saturated carbocycles. The van der Waals surface area contributed by atoms with Crippen LogP contribution in [0.15, 0.2) is 6.20 Å². The fourth-order valence-corrected chi connectivity index (χ4v) is 2.21. The molecule has 5 nitrogen and oxygen atoms in total. The number of rotatable bonds is 5. The van der Waals surface area contributed by atoms with Crippen LogP contribution in [0.1, 0.15) is 35.8 Å². The van der Waals surface area contributed by atoms with Gasteiger partial charge in [-0.3, -0.25) is 14.3 Å². The summed E-state index contributed by atoms with van der Waals surface area (Å²) in [6.45, 7) is 3.03. The van der Waals surface area contributed by atoms with Crippen molar-refractivity contribution in [3.8, 4) is 0 Å². The zero-order chi connectivity index (χ0) is 13.1. The number of carbonyl (C=O) groups excluding carboxylic acids is 2. The van der Waals surface area contributed by atoms with Crippen molar-refractivity contribution >= 4 is 11.6 Å². The number of ketones is 2. The fourth-order valence-electron chi connectivity index (χ4n) is 2.21. The molecule has 18 heavy (non-hydrogen) atoms. The van der Waals surface area contributed by atoms with Crippen molar-refractivity contribution in [2.24, 2.45) is 13.0 Å². The van der Waals surface area contributed by atoms with Crippen LogP contribution in [0.2, 0.25) is 0 Å². The van der Waals surface area contributed by atoms with Gasteiger partial charge < -0.3 is 4.74 Å². The Hall–Kier alpha value is -1.49. The molecule has 2 rings (SSSR count). The van der Waals surface area contributed by atoms with Crippen LogP contribution >= 0.6 is 0 Å². The molecule has 1 aromatic heterocycles. The summed E-state index contributed by atoms with van der Waals surface area (Å²) in [5.41, 5.74) is 1.34. The second-order valence-corrected chi connectivity index (χ2v) is 4.64. The van der Waals surface area contributed by atoms with E-state index in [0.29, 0.717) is 25.2 Å². The third-order valence-electron chi connectivity index (χ3n) is 3.26. The first-order valence-corrected chi connectivity index (χ1v) is 6.28. The molecule has 1 fully saturated rings. The van der Waals surface area contributed by atoms with Crippen molar-refractivity contribution in [3.63, 3.8) is 0 Å². The van der Waals surface area contributed by atoms with Gasteiger partial charge in [-0.25, -0.2) is 0 Å². The number of nitrogens with zero attached hydrogens (tertiary/aromatic N) is 2. The number of carbonyl (C=O) groups is 2. The predicted molar refractivity (Wildman–Crippen MR) is 65.5 cm³/mol. The van der Waals surface area contributed by atoms with Crippen LogP contribution in [-0.2, 0) is 23.0 Å². The fraction of sp³-hybridized carbons (Fsp3) is 0.615. The van der Waals surface area contributed by atoms with Gasteiger partial charge in [0.2, 0.25) is 0 Å². The molecular weight excluding hydrogens is 232 g/mol. The quantitative estimate of drug-likeness (QED) is 0.581. The number of aryl methyl sites for hydroxylation is 2. The lowest BCUT2D eigenvalue weighted by Crippen LogP contribution is -2.18. The maximum Gasteiger partial charge on any atom is 0.173 e. The van der Waals surface area contributed by atoms with Gasteiger partial charge in [0.05, 0.1) is 24.3 Å². The van der Waals surface area contributed by atoms with Crippen LogP contribution in [0.4, 0.5) is 0 Å². The number of ether oxygens (including phenoxy) is 1. The molecular formula is C13H18N2O3. The zero-order valence-electron chi connectivity index (χ0n) is 10.8. The molecule has 0 bridgehead atoms. The summed E-state index contributed by atoms with van der Waals surface area (Å²) in [7, 11) is 1.78. The maximum absolute atomic E-state index is 12.1. The molecule has 0 amide bonds. The highest BCUT2D eigenvalue weighted by molar-refractivity contribution is 6.09. The van der Waals surface area contributed by atoms with Crippen molar-refractivity contribution in [2.75, 3.05) is 13.2 Å². The number of aromatic nitrogens is 2. The molecule has 1 unspecified atom stereocenters. The number of hydrogen-bond donors (Lipinski definition) is 0. The Morgan fingerprint density at radius 2 is 2.33 bits per heavy atom. The topological polar surface area (TPSA) is 61.2 Å². The average molecular weight is 250 g/mol. The summed E-state index contributed by atoms with van der Waals surface area (Å²) in [5.74, 6) is -0.240. The Balaban J connectivity index is 2.04. The first kappa shape index (κ1) is 13.0. The second-order valence-electron chi connectivity index (χ2n) is 4.64. The molecule has 1 saturated heterocycles. The Kier molecular flexibility index (Phi) is 3.91. The van der Waals surface area contributed by atoms with Gasteiger partial charge >= 0.3 is 0 Å². The average Bonchev–Trinajstić information content (AvgIpc) is 2.96. The summed E-state index contributed by atoms with van der Waals surface area (Å²) < 4.78 is 6.79. The molecule has 5 heteroatoms. The van der Waals surface area contributed by atoms with Gasteiger partial charge in [0.15, 0.2) is 5.78 Å². The molecule has 0 radical (unpaired) electrons. The number of Topliss-reactive ketones (excluding diaryl/α,β-unsaturated/α-hetero) is 2. The summed E-state index contributed by atoms with van der Waals surface area (Å²) in [6, 6.07) is 0. The van der Waals surface area contributed by atoms with E-state index in [1.165, 1.54) is 0 Å². The largest absolute Gasteiger partial charge is 0.381 e. The van der Waals surface area contributed by atoms with E-state index in [9.17, 15) is 9.59 Å². The van der Waals surface area contributed by atoms with E-state index in [-0.39, 0.29) is 23.9 Å². The molecule has 2 heterocycles. The normalized spacial score (nSPS) is 19.1. The minimum atomic E-state index is -0.128. The summed E-state index contributed by atoms with van der Waals surface area (Å²) in [4.78, 5) is 24.0. The Bertz CT molecular complexity index is 459. The van der Waals surface area contributed by atoms with Crippen LogP contribution < -0.4 is 0 Å². The zero-order valence-corrected chi connectivity index (χ0v) is 10.8. The first-order chi connectivity index (χ1) is 8.61. The van der Waals surface area contributed by atoms with Crippen LogP contribution in [-0.4, -0.2) is 34.6 Å². The summed E-state index contributed by atoms with van der Waals surface area (Å²) in [5, 5.41) is 4.21. The second kappa shape index (κ2) is 5.44. The van der Waals surface area contributed by atoms with Crippen molar-refractivity contribution in [1.29, 1.82) is 0 Å². The van der Waals surface area contributed by atoms with Gasteiger partial charge in [-0.1, -0.05) is 6.92 Å². The minimum Gasteiger partial charge on any atom is -0.381 e. The van der Waals surface area contributed by atoms with Gasteiger partial charge in [-0.15, -0.1) is 0 Å². The van der Waals surface area contributed by atoms with Gasteiger partial charge in [0.25, 0.3) is 0 Å². The molecule has 1 aromatic rings. The molecule has 1 aliphatic rings. The van der Waals surface area contributed by atoms with Crippen molar-refractivity contribution in [1.82, 2.24) is 9.78 Å². The Labute approximate surface area is 106 Å². The van der Waals surface area contributed by atoms with Crippen LogP contribution in [0, 0.1) is 5.92 Å². The van der Waals surface area contributed by atoms with Crippen molar-refractivity contribution in [2.45, 2.75) is 26.2 Å². The minimum absolute atomic E-state index is 0.0107. The van der Waals surface area contributed by atoms with Crippen molar-refractivity contribution < 1.29 is 14.3 Å². The highest BCUT2D eigenvalue weighted by atomic mass is 16.5. The Morgan fingerprint density at radius 1 is 1.56 bits per heavy atom. The molecule has 1 aliphatic heterocycles. The molecule has 0 aromatic carbocycles. The van der Waals surface area contributed by atoms with E-state index in [2.05, 4.69) is 5.10 Å². The maximum atomic E-state index is 12.1. The van der Waals surface area contributed by atoms with E-state index < -0.39 is 0 Å².